The summed E-state index contributed by atoms with van der Waals surface area (Å²) in [4.78, 5) is 6.14. The Kier molecular flexibility index (Phi) is 4.82. The summed E-state index contributed by atoms with van der Waals surface area (Å²) in [5, 5.41) is 6.87. The molecule has 0 saturated heterocycles. The quantitative estimate of drug-likeness (QED) is 0.834. The molecule has 0 aliphatic carbocycles. The molecule has 0 radical (unpaired) electrons. The van der Waals surface area contributed by atoms with Crippen molar-refractivity contribution in [2.45, 2.75) is 39.2 Å². The van der Waals surface area contributed by atoms with Crippen LogP contribution < -0.4 is 5.32 Å². The van der Waals surface area contributed by atoms with E-state index >= 15 is 0 Å². The van der Waals surface area contributed by atoms with Crippen molar-refractivity contribution in [3.05, 3.63) is 36.9 Å². The summed E-state index contributed by atoms with van der Waals surface area (Å²) in [6.45, 7) is 9.68. The second-order valence-corrected chi connectivity index (χ2v) is 8.84. The molecule has 104 valence electrons. The van der Waals surface area contributed by atoms with Crippen molar-refractivity contribution in [2.24, 2.45) is 0 Å². The van der Waals surface area contributed by atoms with Crippen LogP contribution in [0.4, 0.5) is 0 Å². The van der Waals surface area contributed by atoms with Crippen LogP contribution in [0.15, 0.2) is 21.3 Å². The minimum absolute atomic E-state index is 0.113. The van der Waals surface area contributed by atoms with Gasteiger partial charge < -0.3 is 5.32 Å². The summed E-state index contributed by atoms with van der Waals surface area (Å²) in [7, 11) is 0. The first kappa shape index (κ1) is 15.2. The second kappa shape index (κ2) is 6.04. The lowest BCUT2D eigenvalue weighted by atomic mass is 9.93. The summed E-state index contributed by atoms with van der Waals surface area (Å²) >= 11 is 7.05. The lowest BCUT2D eigenvalue weighted by Gasteiger charge is -2.16. The van der Waals surface area contributed by atoms with Crippen molar-refractivity contribution in [2.75, 3.05) is 6.54 Å². The largest absolute Gasteiger partial charge is 0.304 e. The molecule has 0 aromatic carbocycles. The van der Waals surface area contributed by atoms with Gasteiger partial charge in [-0.1, -0.05) is 27.7 Å². The van der Waals surface area contributed by atoms with Gasteiger partial charge in [0.1, 0.15) is 5.01 Å². The molecule has 1 atom stereocenters. The molecule has 5 heteroatoms. The molecule has 0 aliphatic rings. The summed E-state index contributed by atoms with van der Waals surface area (Å²) in [6.07, 6.45) is 0. The van der Waals surface area contributed by atoms with Crippen molar-refractivity contribution >= 4 is 38.6 Å². The van der Waals surface area contributed by atoms with Gasteiger partial charge in [0, 0.05) is 15.7 Å². The van der Waals surface area contributed by atoms with Gasteiger partial charge in [-0.3, -0.25) is 0 Å². The fourth-order valence-electron chi connectivity index (χ4n) is 1.76. The van der Waals surface area contributed by atoms with Crippen LogP contribution in [0.3, 0.4) is 0 Å². The van der Waals surface area contributed by atoms with E-state index < -0.39 is 0 Å². The predicted molar refractivity (Wildman–Crippen MR) is 88.4 cm³/mol. The van der Waals surface area contributed by atoms with Crippen LogP contribution in [0.1, 0.15) is 49.3 Å². The number of aromatic nitrogens is 1. The maximum absolute atomic E-state index is 4.83. The first-order chi connectivity index (χ1) is 8.91. The van der Waals surface area contributed by atoms with Gasteiger partial charge in [0.15, 0.2) is 0 Å². The van der Waals surface area contributed by atoms with E-state index in [2.05, 4.69) is 66.5 Å². The Morgan fingerprint density at radius 2 is 2.11 bits per heavy atom. The van der Waals surface area contributed by atoms with E-state index in [-0.39, 0.29) is 11.5 Å². The summed E-state index contributed by atoms with van der Waals surface area (Å²) < 4.78 is 1.16. The summed E-state index contributed by atoms with van der Waals surface area (Å²) in [6, 6.07) is 4.48. The summed E-state index contributed by atoms with van der Waals surface area (Å²) in [5.41, 5.74) is 1.28. The van der Waals surface area contributed by atoms with Crippen LogP contribution in [0.5, 0.6) is 0 Å². The molecular weight excluding hydrogens is 340 g/mol. The average molecular weight is 359 g/mol. The first-order valence-electron chi connectivity index (χ1n) is 6.36. The van der Waals surface area contributed by atoms with Crippen LogP contribution in [0, 0.1) is 0 Å². The van der Waals surface area contributed by atoms with Gasteiger partial charge in [-0.25, -0.2) is 4.98 Å². The minimum Gasteiger partial charge on any atom is -0.304 e. The molecule has 0 amide bonds. The molecule has 0 saturated carbocycles. The SMILES string of the molecule is CCNC(c1ccc(Br)s1)c1nc(C(C)(C)C)cs1. The molecule has 2 aromatic heterocycles. The molecule has 2 aromatic rings. The number of nitrogens with zero attached hydrogens (tertiary/aromatic N) is 1. The van der Waals surface area contributed by atoms with Gasteiger partial charge in [-0.15, -0.1) is 22.7 Å². The highest BCUT2D eigenvalue weighted by Gasteiger charge is 2.22. The number of hydrogen-bond donors (Lipinski definition) is 1. The van der Waals surface area contributed by atoms with Crippen molar-refractivity contribution in [1.29, 1.82) is 0 Å². The molecule has 0 spiro atoms. The Morgan fingerprint density at radius 1 is 1.37 bits per heavy atom. The predicted octanol–water partition coefficient (Wildman–Crippen LogP) is 4.96. The highest BCUT2D eigenvalue weighted by Crippen LogP contribution is 2.34. The molecule has 1 N–H and O–H groups in total. The van der Waals surface area contributed by atoms with Crippen LogP contribution in [0.2, 0.25) is 0 Å². The highest BCUT2D eigenvalue weighted by molar-refractivity contribution is 9.11. The van der Waals surface area contributed by atoms with E-state index in [9.17, 15) is 0 Å². The zero-order valence-electron chi connectivity index (χ0n) is 11.7. The van der Waals surface area contributed by atoms with Crippen LogP contribution in [0.25, 0.3) is 0 Å². The maximum Gasteiger partial charge on any atom is 0.115 e. The van der Waals surface area contributed by atoms with Crippen LogP contribution in [-0.2, 0) is 5.41 Å². The molecule has 2 heterocycles. The van der Waals surface area contributed by atoms with Crippen molar-refractivity contribution in [3.63, 3.8) is 0 Å². The summed E-state index contributed by atoms with van der Waals surface area (Å²) in [5.74, 6) is 0. The van der Waals surface area contributed by atoms with E-state index in [4.69, 9.17) is 4.98 Å². The van der Waals surface area contributed by atoms with Gasteiger partial charge in [0.25, 0.3) is 0 Å². The maximum atomic E-state index is 4.83. The molecule has 2 nitrogen and oxygen atoms in total. The number of rotatable bonds is 4. The lowest BCUT2D eigenvalue weighted by Crippen LogP contribution is -2.21. The van der Waals surface area contributed by atoms with E-state index in [1.54, 1.807) is 22.7 Å². The fourth-order valence-corrected chi connectivity index (χ4v) is 4.48. The number of thiophene rings is 1. The highest BCUT2D eigenvalue weighted by atomic mass is 79.9. The Morgan fingerprint density at radius 3 is 2.58 bits per heavy atom. The van der Waals surface area contributed by atoms with Gasteiger partial charge in [0.05, 0.1) is 15.5 Å². The first-order valence-corrected chi connectivity index (χ1v) is 8.85. The Balaban J connectivity index is 2.32. The third-order valence-corrected chi connectivity index (χ3v) is 5.42. The third-order valence-electron chi connectivity index (χ3n) is 2.82. The van der Waals surface area contributed by atoms with Gasteiger partial charge in [-0.2, -0.15) is 0 Å². The van der Waals surface area contributed by atoms with Crippen molar-refractivity contribution in [1.82, 2.24) is 10.3 Å². The molecule has 0 fully saturated rings. The van der Waals surface area contributed by atoms with E-state index in [0.717, 1.165) is 15.3 Å². The second-order valence-electron chi connectivity index (χ2n) is 5.45. The Bertz CT molecular complexity index is 540. The Labute approximate surface area is 131 Å². The number of thiazole rings is 1. The number of hydrogen-bond acceptors (Lipinski definition) is 4. The molecule has 1 unspecified atom stereocenters. The zero-order chi connectivity index (χ0) is 14.0. The topological polar surface area (TPSA) is 24.9 Å². The molecular formula is C14H19BrN2S2. The smallest absolute Gasteiger partial charge is 0.115 e. The third kappa shape index (κ3) is 3.66. The van der Waals surface area contributed by atoms with E-state index in [1.165, 1.54) is 10.6 Å². The van der Waals surface area contributed by atoms with Crippen molar-refractivity contribution in [3.8, 4) is 0 Å². The van der Waals surface area contributed by atoms with Crippen LogP contribution >= 0.6 is 38.6 Å². The average Bonchev–Trinajstić information content (AvgIpc) is 2.93. The van der Waals surface area contributed by atoms with Crippen molar-refractivity contribution < 1.29 is 0 Å². The molecule has 2 rings (SSSR count). The standard InChI is InChI=1S/C14H19BrN2S2/c1-5-16-12(9-6-7-11(15)19-9)13-17-10(8-18-13)14(2,3)4/h6-8,12,16H,5H2,1-4H3. The normalized spacial score (nSPS) is 13.7. The van der Waals surface area contributed by atoms with Gasteiger partial charge >= 0.3 is 0 Å². The molecule has 0 bridgehead atoms. The van der Waals surface area contributed by atoms with E-state index in [1.807, 2.05) is 0 Å². The van der Waals surface area contributed by atoms with Gasteiger partial charge in [-0.05, 0) is 34.6 Å². The fraction of sp³-hybridized carbons (Fsp3) is 0.500. The lowest BCUT2D eigenvalue weighted by molar-refractivity contribution is 0.563. The molecule has 19 heavy (non-hydrogen) atoms. The van der Waals surface area contributed by atoms with Gasteiger partial charge in [0.2, 0.25) is 0 Å². The zero-order valence-corrected chi connectivity index (χ0v) is 14.9. The number of halogens is 1. The minimum atomic E-state index is 0.113. The van der Waals surface area contributed by atoms with E-state index in [0.29, 0.717) is 0 Å². The number of nitrogens with one attached hydrogen (secondary N) is 1. The Hall–Kier alpha value is -0.230. The monoisotopic (exact) mass is 358 g/mol. The molecule has 0 aliphatic heterocycles. The van der Waals surface area contributed by atoms with Crippen LogP contribution in [-0.4, -0.2) is 11.5 Å².